The number of carbonyl (C=O) groups is 2. The third kappa shape index (κ3) is 3.39. The van der Waals surface area contributed by atoms with Gasteiger partial charge in [0.05, 0.1) is 27.6 Å². The second-order valence-electron chi connectivity index (χ2n) is 6.05. The van der Waals surface area contributed by atoms with Gasteiger partial charge < -0.3 is 5.11 Å². The minimum atomic E-state index is -1.15. The summed E-state index contributed by atoms with van der Waals surface area (Å²) in [6.45, 7) is 3.77. The molecule has 0 radical (unpaired) electrons. The van der Waals surface area contributed by atoms with Crippen LogP contribution in [0.25, 0.3) is 0 Å². The van der Waals surface area contributed by atoms with Crippen molar-refractivity contribution in [1.29, 1.82) is 0 Å². The van der Waals surface area contributed by atoms with E-state index in [1.807, 2.05) is 43.3 Å². The molecule has 2 aromatic carbocycles. The Morgan fingerprint density at radius 2 is 1.92 bits per heavy atom. The van der Waals surface area contributed by atoms with Gasteiger partial charge in [0.15, 0.2) is 0 Å². The molecule has 1 heterocycles. The summed E-state index contributed by atoms with van der Waals surface area (Å²) in [6, 6.07) is 14.2. The molecule has 132 valence electrons. The number of nitrogens with zero attached hydrogens (tertiary/aromatic N) is 2. The van der Waals surface area contributed by atoms with Crippen molar-refractivity contribution >= 4 is 34.9 Å². The van der Waals surface area contributed by atoms with E-state index in [1.165, 1.54) is 17.1 Å². The highest BCUT2D eigenvalue weighted by Gasteiger charge is 2.30. The molecule has 26 heavy (non-hydrogen) atoms. The number of carboxylic acids is 1. The number of allylic oxidation sites excluding steroid dienone is 1. The second-order valence-corrected chi connectivity index (χ2v) is 6.46. The van der Waals surface area contributed by atoms with Crippen LogP contribution < -0.4 is 5.01 Å². The van der Waals surface area contributed by atoms with Crippen LogP contribution in [-0.4, -0.2) is 22.7 Å². The number of halogens is 1. The average molecular weight is 369 g/mol. The van der Waals surface area contributed by atoms with Crippen molar-refractivity contribution in [2.24, 2.45) is 5.10 Å². The number of carboxylic acid groups (broad SMARTS) is 1. The molecule has 1 amide bonds. The van der Waals surface area contributed by atoms with Crippen LogP contribution in [0.2, 0.25) is 5.02 Å². The van der Waals surface area contributed by atoms with Crippen LogP contribution in [-0.2, 0) is 4.79 Å². The average Bonchev–Trinajstić information content (AvgIpc) is 2.91. The third-order valence-electron chi connectivity index (χ3n) is 4.23. The summed E-state index contributed by atoms with van der Waals surface area (Å²) in [5, 5.41) is 14.8. The van der Waals surface area contributed by atoms with Gasteiger partial charge >= 0.3 is 5.97 Å². The minimum Gasteiger partial charge on any atom is -0.478 e. The molecule has 0 spiro atoms. The van der Waals surface area contributed by atoms with E-state index in [0.717, 1.165) is 5.56 Å². The molecular formula is C20H17ClN2O3. The van der Waals surface area contributed by atoms with E-state index in [9.17, 15) is 14.7 Å². The molecule has 0 saturated heterocycles. The molecule has 1 atom stereocenters. The summed E-state index contributed by atoms with van der Waals surface area (Å²) in [4.78, 5) is 24.1. The number of hydrogen-bond acceptors (Lipinski definition) is 3. The van der Waals surface area contributed by atoms with Crippen LogP contribution in [0.1, 0.15) is 35.7 Å². The molecule has 3 rings (SSSR count). The van der Waals surface area contributed by atoms with Gasteiger partial charge in [-0.2, -0.15) is 10.1 Å². The van der Waals surface area contributed by atoms with E-state index in [4.69, 9.17) is 11.6 Å². The summed E-state index contributed by atoms with van der Waals surface area (Å²) in [5.74, 6) is -1.40. The Bertz CT molecular complexity index is 935. The Morgan fingerprint density at radius 3 is 2.58 bits per heavy atom. The van der Waals surface area contributed by atoms with Gasteiger partial charge in [0, 0.05) is 5.92 Å². The Hall–Kier alpha value is -2.92. The summed E-state index contributed by atoms with van der Waals surface area (Å²) in [7, 11) is 0. The number of hydrogen-bond donors (Lipinski definition) is 1. The first-order valence-electron chi connectivity index (χ1n) is 8.08. The highest BCUT2D eigenvalue weighted by molar-refractivity contribution is 6.34. The predicted octanol–water partition coefficient (Wildman–Crippen LogP) is 4.49. The number of anilines is 1. The Kier molecular flexibility index (Phi) is 4.91. The van der Waals surface area contributed by atoms with E-state index in [0.29, 0.717) is 17.0 Å². The van der Waals surface area contributed by atoms with Gasteiger partial charge in [-0.1, -0.05) is 54.9 Å². The molecule has 1 N–H and O–H groups in total. The number of benzene rings is 2. The fraction of sp³-hybridized carbons (Fsp3) is 0.150. The first-order chi connectivity index (χ1) is 12.4. The molecule has 0 saturated carbocycles. The number of aromatic carboxylic acids is 1. The molecule has 1 aliphatic rings. The van der Waals surface area contributed by atoms with Crippen molar-refractivity contribution in [1.82, 2.24) is 0 Å². The first kappa shape index (κ1) is 17.9. The van der Waals surface area contributed by atoms with E-state index in [1.54, 1.807) is 13.0 Å². The lowest BCUT2D eigenvalue weighted by Crippen LogP contribution is -2.22. The molecule has 6 heteroatoms. The molecule has 0 bridgehead atoms. The molecule has 1 aliphatic heterocycles. The Labute approximate surface area is 156 Å². The maximum absolute atomic E-state index is 12.8. The van der Waals surface area contributed by atoms with E-state index in [-0.39, 0.29) is 22.4 Å². The summed E-state index contributed by atoms with van der Waals surface area (Å²) in [6.07, 6.45) is 1.88. The van der Waals surface area contributed by atoms with Gasteiger partial charge in [0.2, 0.25) is 0 Å². The monoisotopic (exact) mass is 368 g/mol. The van der Waals surface area contributed by atoms with Gasteiger partial charge in [0.25, 0.3) is 5.91 Å². The summed E-state index contributed by atoms with van der Waals surface area (Å²) >= 11 is 5.90. The number of hydrazone groups is 1. The zero-order valence-corrected chi connectivity index (χ0v) is 15.1. The smallest absolute Gasteiger partial charge is 0.337 e. The molecule has 0 fully saturated rings. The minimum absolute atomic E-state index is 0.0417. The van der Waals surface area contributed by atoms with Crippen molar-refractivity contribution in [3.8, 4) is 0 Å². The lowest BCUT2D eigenvalue weighted by molar-refractivity contribution is -0.114. The van der Waals surface area contributed by atoms with Crippen LogP contribution in [0, 0.1) is 0 Å². The fourth-order valence-electron chi connectivity index (χ4n) is 2.80. The quantitative estimate of drug-likeness (QED) is 0.808. The fourth-order valence-corrected chi connectivity index (χ4v) is 3.00. The van der Waals surface area contributed by atoms with E-state index in [2.05, 4.69) is 5.10 Å². The second kappa shape index (κ2) is 7.14. The van der Waals surface area contributed by atoms with Gasteiger partial charge in [-0.15, -0.1) is 0 Å². The van der Waals surface area contributed by atoms with Crippen LogP contribution >= 0.6 is 11.6 Å². The number of amides is 1. The highest BCUT2D eigenvalue weighted by Crippen LogP contribution is 2.29. The summed E-state index contributed by atoms with van der Waals surface area (Å²) < 4.78 is 0. The molecular weight excluding hydrogens is 352 g/mol. The van der Waals surface area contributed by atoms with Crippen molar-refractivity contribution in [3.63, 3.8) is 0 Å². The van der Waals surface area contributed by atoms with Crippen LogP contribution in [0.3, 0.4) is 0 Å². The zero-order chi connectivity index (χ0) is 18.8. The van der Waals surface area contributed by atoms with Crippen LogP contribution in [0.5, 0.6) is 0 Å². The van der Waals surface area contributed by atoms with E-state index < -0.39 is 5.97 Å². The lowest BCUT2D eigenvalue weighted by Gasteiger charge is -2.13. The first-order valence-corrected chi connectivity index (χ1v) is 8.46. The molecule has 0 aromatic heterocycles. The Morgan fingerprint density at radius 1 is 1.23 bits per heavy atom. The standard InChI is InChI=1S/C20H17ClN2O3/c1-12(14-6-4-3-5-7-14)10-16-13(2)22-23(19(16)24)15-8-9-18(21)17(11-15)20(25)26/h3-12H,1-2H3,(H,25,26)/b16-10-. The molecule has 2 aromatic rings. The van der Waals surface area contributed by atoms with Gasteiger partial charge in [-0.3, -0.25) is 4.79 Å². The van der Waals surface area contributed by atoms with Gasteiger partial charge in [0.1, 0.15) is 0 Å². The van der Waals surface area contributed by atoms with Crippen molar-refractivity contribution in [2.45, 2.75) is 19.8 Å². The maximum atomic E-state index is 12.8. The number of carbonyl (C=O) groups excluding carboxylic acids is 1. The Balaban J connectivity index is 1.92. The van der Waals surface area contributed by atoms with E-state index >= 15 is 0 Å². The van der Waals surface area contributed by atoms with Crippen LogP contribution in [0.4, 0.5) is 5.69 Å². The van der Waals surface area contributed by atoms with Crippen LogP contribution in [0.15, 0.2) is 65.3 Å². The van der Waals surface area contributed by atoms with Gasteiger partial charge in [-0.05, 0) is 30.7 Å². The summed E-state index contributed by atoms with van der Waals surface area (Å²) in [5.41, 5.74) is 2.49. The highest BCUT2D eigenvalue weighted by atomic mass is 35.5. The molecule has 5 nitrogen and oxygen atoms in total. The normalized spacial score (nSPS) is 16.7. The third-order valence-corrected chi connectivity index (χ3v) is 4.56. The molecule has 0 aliphatic carbocycles. The lowest BCUT2D eigenvalue weighted by atomic mass is 9.97. The SMILES string of the molecule is CC1=NN(c2ccc(Cl)c(C(=O)O)c2)C(=O)/C1=C\C(C)c1ccccc1. The van der Waals surface area contributed by atoms with Gasteiger partial charge in [-0.25, -0.2) is 4.79 Å². The predicted molar refractivity (Wildman–Crippen MR) is 102 cm³/mol. The van der Waals surface area contributed by atoms with Crippen molar-refractivity contribution in [2.75, 3.05) is 5.01 Å². The van der Waals surface area contributed by atoms with Crippen molar-refractivity contribution in [3.05, 3.63) is 76.3 Å². The largest absolute Gasteiger partial charge is 0.478 e. The maximum Gasteiger partial charge on any atom is 0.337 e. The topological polar surface area (TPSA) is 70.0 Å². The number of rotatable bonds is 4. The van der Waals surface area contributed by atoms with Crippen molar-refractivity contribution < 1.29 is 14.7 Å². The molecule has 1 unspecified atom stereocenters. The zero-order valence-electron chi connectivity index (χ0n) is 14.3.